The lowest BCUT2D eigenvalue weighted by molar-refractivity contribution is 0.436. The van der Waals surface area contributed by atoms with Crippen LogP contribution >= 0.6 is 0 Å². The summed E-state index contributed by atoms with van der Waals surface area (Å²) >= 11 is 0. The summed E-state index contributed by atoms with van der Waals surface area (Å²) in [5, 5.41) is 29.8. The lowest BCUT2D eigenvalue weighted by Crippen LogP contribution is -1.94. The van der Waals surface area contributed by atoms with E-state index in [4.69, 9.17) is 0 Å². The maximum atomic E-state index is 10.3. The molecule has 2 rings (SSSR count). The smallest absolute Gasteiger partial charge is 0.126 e. The highest BCUT2D eigenvalue weighted by Crippen LogP contribution is 2.39. The first kappa shape index (κ1) is 13.3. The predicted octanol–water partition coefficient (Wildman–Crippen LogP) is 3.60. The number of hydrogen-bond donors (Lipinski definition) is 3. The van der Waals surface area contributed by atoms with Gasteiger partial charge in [0.15, 0.2) is 0 Å². The first-order valence-electron chi connectivity index (χ1n) is 6.44. The van der Waals surface area contributed by atoms with Gasteiger partial charge in [0.25, 0.3) is 0 Å². The Morgan fingerprint density at radius 3 is 2.16 bits per heavy atom. The molecule has 100 valence electrons. The summed E-state index contributed by atoms with van der Waals surface area (Å²) in [6.45, 7) is 3.85. The molecule has 0 aliphatic heterocycles. The molecule has 19 heavy (non-hydrogen) atoms. The van der Waals surface area contributed by atoms with Crippen LogP contribution in [0.15, 0.2) is 30.3 Å². The van der Waals surface area contributed by atoms with Gasteiger partial charge in [-0.25, -0.2) is 0 Å². The number of benzene rings is 2. The number of phenols is 3. The topological polar surface area (TPSA) is 60.7 Å². The van der Waals surface area contributed by atoms with Crippen LogP contribution in [0.3, 0.4) is 0 Å². The summed E-state index contributed by atoms with van der Waals surface area (Å²) in [6.07, 6.45) is 1.23. The average Bonchev–Trinajstić information content (AvgIpc) is 2.38. The highest BCUT2D eigenvalue weighted by molar-refractivity contribution is 5.74. The van der Waals surface area contributed by atoms with Crippen molar-refractivity contribution in [2.75, 3.05) is 0 Å². The largest absolute Gasteiger partial charge is 0.508 e. The van der Waals surface area contributed by atoms with E-state index in [2.05, 4.69) is 0 Å². The maximum Gasteiger partial charge on any atom is 0.126 e. The Morgan fingerprint density at radius 2 is 1.58 bits per heavy atom. The Bertz CT molecular complexity index is 603. The van der Waals surface area contributed by atoms with Crippen LogP contribution < -0.4 is 0 Å². The van der Waals surface area contributed by atoms with Crippen LogP contribution in [-0.4, -0.2) is 15.3 Å². The summed E-state index contributed by atoms with van der Waals surface area (Å²) in [5.74, 6) is 0.414. The minimum atomic E-state index is 0.0931. The van der Waals surface area contributed by atoms with E-state index >= 15 is 0 Å². The van der Waals surface area contributed by atoms with Gasteiger partial charge in [-0.15, -0.1) is 0 Å². The van der Waals surface area contributed by atoms with Crippen molar-refractivity contribution in [2.45, 2.75) is 26.7 Å². The van der Waals surface area contributed by atoms with Gasteiger partial charge in [0, 0.05) is 11.1 Å². The summed E-state index contributed by atoms with van der Waals surface area (Å²) in [7, 11) is 0. The minimum Gasteiger partial charge on any atom is -0.508 e. The molecule has 0 spiro atoms. The zero-order valence-corrected chi connectivity index (χ0v) is 11.1. The SMILES string of the molecule is CCc1c(O)cc(-c2cccc(O)c2)c(CC)c1O. The van der Waals surface area contributed by atoms with Crippen molar-refractivity contribution in [2.24, 2.45) is 0 Å². The average molecular weight is 258 g/mol. The van der Waals surface area contributed by atoms with E-state index in [1.807, 2.05) is 19.9 Å². The second kappa shape index (κ2) is 5.22. The fourth-order valence-corrected chi connectivity index (χ4v) is 2.38. The molecule has 0 aromatic heterocycles. The van der Waals surface area contributed by atoms with Gasteiger partial charge < -0.3 is 15.3 Å². The number of aromatic hydroxyl groups is 3. The van der Waals surface area contributed by atoms with E-state index in [0.29, 0.717) is 18.4 Å². The molecule has 0 fully saturated rings. The van der Waals surface area contributed by atoms with Crippen LogP contribution in [-0.2, 0) is 12.8 Å². The molecule has 0 aliphatic rings. The Morgan fingerprint density at radius 1 is 0.895 bits per heavy atom. The third kappa shape index (κ3) is 2.36. The fourth-order valence-electron chi connectivity index (χ4n) is 2.38. The monoisotopic (exact) mass is 258 g/mol. The second-order valence-electron chi connectivity index (χ2n) is 4.51. The van der Waals surface area contributed by atoms with Gasteiger partial charge in [-0.3, -0.25) is 0 Å². The van der Waals surface area contributed by atoms with Gasteiger partial charge in [-0.05, 0) is 42.2 Å². The molecule has 3 N–H and O–H groups in total. The molecule has 3 heteroatoms. The van der Waals surface area contributed by atoms with Crippen molar-refractivity contribution in [3.05, 3.63) is 41.5 Å². The number of hydrogen-bond acceptors (Lipinski definition) is 3. The van der Waals surface area contributed by atoms with Gasteiger partial charge in [-0.1, -0.05) is 26.0 Å². The molecule has 2 aromatic rings. The molecule has 0 radical (unpaired) electrons. The molecular formula is C16H18O3. The van der Waals surface area contributed by atoms with E-state index in [-0.39, 0.29) is 17.2 Å². The van der Waals surface area contributed by atoms with Gasteiger partial charge in [0.2, 0.25) is 0 Å². The van der Waals surface area contributed by atoms with Crippen LogP contribution in [0.2, 0.25) is 0 Å². The normalized spacial score (nSPS) is 10.6. The lowest BCUT2D eigenvalue weighted by atomic mass is 9.93. The van der Waals surface area contributed by atoms with E-state index in [0.717, 1.165) is 16.7 Å². The molecule has 0 atom stereocenters. The molecule has 0 amide bonds. The van der Waals surface area contributed by atoms with Crippen LogP contribution in [0.4, 0.5) is 0 Å². The zero-order valence-electron chi connectivity index (χ0n) is 11.1. The predicted molar refractivity (Wildman–Crippen MR) is 75.6 cm³/mol. The summed E-state index contributed by atoms with van der Waals surface area (Å²) in [6, 6.07) is 8.46. The van der Waals surface area contributed by atoms with Gasteiger partial charge >= 0.3 is 0 Å². The number of phenolic OH excluding ortho intramolecular Hbond substituents is 3. The standard InChI is InChI=1S/C16H18O3/c1-3-12-14(10-6-5-7-11(17)8-10)9-15(18)13(4-2)16(12)19/h5-9,17-19H,3-4H2,1-2H3. The first-order chi connectivity index (χ1) is 9.08. The van der Waals surface area contributed by atoms with Crippen molar-refractivity contribution < 1.29 is 15.3 Å². The van der Waals surface area contributed by atoms with Crippen molar-refractivity contribution in [1.29, 1.82) is 0 Å². The van der Waals surface area contributed by atoms with Gasteiger partial charge in [0.05, 0.1) is 0 Å². The molecular weight excluding hydrogens is 240 g/mol. The van der Waals surface area contributed by atoms with Crippen molar-refractivity contribution in [3.8, 4) is 28.4 Å². The van der Waals surface area contributed by atoms with Crippen molar-refractivity contribution >= 4 is 0 Å². The Balaban J connectivity index is 2.70. The molecule has 0 saturated carbocycles. The molecule has 0 heterocycles. The first-order valence-corrected chi connectivity index (χ1v) is 6.44. The number of rotatable bonds is 3. The summed E-state index contributed by atoms with van der Waals surface area (Å²) in [5.41, 5.74) is 2.90. The highest BCUT2D eigenvalue weighted by Gasteiger charge is 2.16. The Hall–Kier alpha value is -2.16. The fraction of sp³-hybridized carbons (Fsp3) is 0.250. The second-order valence-corrected chi connectivity index (χ2v) is 4.51. The van der Waals surface area contributed by atoms with Gasteiger partial charge in [-0.2, -0.15) is 0 Å². The third-order valence-corrected chi connectivity index (χ3v) is 3.35. The molecule has 3 nitrogen and oxygen atoms in total. The quantitative estimate of drug-likeness (QED) is 0.788. The molecule has 2 aromatic carbocycles. The molecule has 0 unspecified atom stereocenters. The highest BCUT2D eigenvalue weighted by atomic mass is 16.3. The van der Waals surface area contributed by atoms with Crippen LogP contribution in [0.5, 0.6) is 17.2 Å². The van der Waals surface area contributed by atoms with Crippen molar-refractivity contribution in [3.63, 3.8) is 0 Å². The Labute approximate surface area is 112 Å². The zero-order chi connectivity index (χ0) is 14.0. The lowest BCUT2D eigenvalue weighted by Gasteiger charge is -2.15. The van der Waals surface area contributed by atoms with Crippen LogP contribution in [0.1, 0.15) is 25.0 Å². The van der Waals surface area contributed by atoms with Crippen LogP contribution in [0, 0.1) is 0 Å². The minimum absolute atomic E-state index is 0.0931. The third-order valence-electron chi connectivity index (χ3n) is 3.35. The van der Waals surface area contributed by atoms with Gasteiger partial charge in [0.1, 0.15) is 17.2 Å². The van der Waals surface area contributed by atoms with E-state index in [1.165, 1.54) is 0 Å². The van der Waals surface area contributed by atoms with Crippen LogP contribution in [0.25, 0.3) is 11.1 Å². The molecule has 0 bridgehead atoms. The molecule has 0 saturated heterocycles. The summed E-state index contributed by atoms with van der Waals surface area (Å²) < 4.78 is 0. The van der Waals surface area contributed by atoms with E-state index in [1.54, 1.807) is 24.3 Å². The van der Waals surface area contributed by atoms with E-state index in [9.17, 15) is 15.3 Å². The van der Waals surface area contributed by atoms with E-state index < -0.39 is 0 Å². The summed E-state index contributed by atoms with van der Waals surface area (Å²) in [4.78, 5) is 0. The maximum absolute atomic E-state index is 10.3. The molecule has 0 aliphatic carbocycles. The van der Waals surface area contributed by atoms with Crippen molar-refractivity contribution in [1.82, 2.24) is 0 Å². The Kier molecular flexibility index (Phi) is 3.65.